The largest absolute Gasteiger partial charge is 0.389 e. The first-order valence-corrected chi connectivity index (χ1v) is 6.19. The van der Waals surface area contributed by atoms with Gasteiger partial charge >= 0.3 is 0 Å². The van der Waals surface area contributed by atoms with Crippen LogP contribution in [0.4, 0.5) is 0 Å². The van der Waals surface area contributed by atoms with Crippen molar-refractivity contribution in [1.82, 2.24) is 9.78 Å². The molecule has 1 aromatic rings. The molecule has 0 aromatic carbocycles. The number of nitrogens with zero attached hydrogens (tertiary/aromatic N) is 2. The van der Waals surface area contributed by atoms with Gasteiger partial charge in [0, 0.05) is 17.8 Å². The molecule has 16 heavy (non-hydrogen) atoms. The first kappa shape index (κ1) is 13.2. The van der Waals surface area contributed by atoms with Gasteiger partial charge in [0.1, 0.15) is 0 Å². The fourth-order valence-corrected chi connectivity index (χ4v) is 2.37. The van der Waals surface area contributed by atoms with Crippen molar-refractivity contribution in [3.8, 4) is 0 Å². The summed E-state index contributed by atoms with van der Waals surface area (Å²) in [6.07, 6.45) is 2.02. The van der Waals surface area contributed by atoms with Crippen molar-refractivity contribution in [3.63, 3.8) is 0 Å². The average Bonchev–Trinajstić information content (AvgIpc) is 2.42. The van der Waals surface area contributed by atoms with Gasteiger partial charge in [0.2, 0.25) is 0 Å². The Bertz CT molecular complexity index is 342. The third kappa shape index (κ3) is 2.85. The van der Waals surface area contributed by atoms with Gasteiger partial charge < -0.3 is 5.11 Å². The number of hydrogen-bond donors (Lipinski definition) is 1. The SMILES string of the molecule is CCCC(C)Cn1nc(C)c(C(C)O)c1C. The van der Waals surface area contributed by atoms with Gasteiger partial charge in [0.05, 0.1) is 11.8 Å². The number of hydrogen-bond acceptors (Lipinski definition) is 2. The summed E-state index contributed by atoms with van der Waals surface area (Å²) >= 11 is 0. The third-order valence-electron chi connectivity index (χ3n) is 3.12. The van der Waals surface area contributed by atoms with Crippen LogP contribution in [-0.2, 0) is 6.54 Å². The molecule has 1 rings (SSSR count). The second kappa shape index (κ2) is 5.48. The minimum absolute atomic E-state index is 0.421. The molecule has 0 bridgehead atoms. The van der Waals surface area contributed by atoms with E-state index in [2.05, 4.69) is 18.9 Å². The van der Waals surface area contributed by atoms with E-state index >= 15 is 0 Å². The van der Waals surface area contributed by atoms with Crippen LogP contribution >= 0.6 is 0 Å². The van der Waals surface area contributed by atoms with Crippen LogP contribution in [0.5, 0.6) is 0 Å². The molecule has 0 aliphatic carbocycles. The highest BCUT2D eigenvalue weighted by atomic mass is 16.3. The zero-order valence-corrected chi connectivity index (χ0v) is 11.1. The van der Waals surface area contributed by atoms with E-state index in [0.717, 1.165) is 23.5 Å². The van der Waals surface area contributed by atoms with Crippen LogP contribution in [0.15, 0.2) is 0 Å². The van der Waals surface area contributed by atoms with Crippen LogP contribution in [0.3, 0.4) is 0 Å². The van der Waals surface area contributed by atoms with E-state index < -0.39 is 6.10 Å². The molecule has 0 spiro atoms. The third-order valence-corrected chi connectivity index (χ3v) is 3.12. The second-order valence-corrected chi connectivity index (χ2v) is 4.84. The molecule has 1 heterocycles. The van der Waals surface area contributed by atoms with Crippen LogP contribution in [0.1, 0.15) is 56.7 Å². The summed E-state index contributed by atoms with van der Waals surface area (Å²) in [5, 5.41) is 14.2. The lowest BCUT2D eigenvalue weighted by atomic mass is 10.1. The normalized spacial score (nSPS) is 15.1. The van der Waals surface area contributed by atoms with Crippen molar-refractivity contribution in [2.45, 2.75) is 60.1 Å². The number of aryl methyl sites for hydroxylation is 1. The number of aliphatic hydroxyl groups is 1. The summed E-state index contributed by atoms with van der Waals surface area (Å²) in [4.78, 5) is 0. The lowest BCUT2D eigenvalue weighted by molar-refractivity contribution is 0.197. The Morgan fingerprint density at radius 1 is 1.31 bits per heavy atom. The van der Waals surface area contributed by atoms with Crippen LogP contribution in [0.25, 0.3) is 0 Å². The summed E-state index contributed by atoms with van der Waals surface area (Å²) in [6.45, 7) is 11.2. The predicted octanol–water partition coefficient (Wildman–Crippen LogP) is 2.99. The molecule has 0 radical (unpaired) electrons. The number of rotatable bonds is 5. The summed E-state index contributed by atoms with van der Waals surface area (Å²) in [7, 11) is 0. The van der Waals surface area contributed by atoms with Gasteiger partial charge in [0.15, 0.2) is 0 Å². The summed E-state index contributed by atoms with van der Waals surface area (Å²) in [6, 6.07) is 0. The monoisotopic (exact) mass is 224 g/mol. The molecule has 0 aliphatic heterocycles. The van der Waals surface area contributed by atoms with E-state index in [-0.39, 0.29) is 0 Å². The van der Waals surface area contributed by atoms with Gasteiger partial charge in [0.25, 0.3) is 0 Å². The molecule has 3 nitrogen and oxygen atoms in total. The molecule has 2 unspecified atom stereocenters. The van der Waals surface area contributed by atoms with Crippen molar-refractivity contribution >= 4 is 0 Å². The second-order valence-electron chi connectivity index (χ2n) is 4.84. The van der Waals surface area contributed by atoms with E-state index in [1.165, 1.54) is 12.8 Å². The Morgan fingerprint density at radius 3 is 2.38 bits per heavy atom. The van der Waals surface area contributed by atoms with Crippen LogP contribution in [0, 0.1) is 19.8 Å². The maximum atomic E-state index is 9.68. The number of aromatic nitrogens is 2. The standard InChI is InChI=1S/C13H24N2O/c1-6-7-9(2)8-15-11(4)13(12(5)16)10(3)14-15/h9,12,16H,6-8H2,1-5H3. The highest BCUT2D eigenvalue weighted by molar-refractivity contribution is 5.26. The average molecular weight is 224 g/mol. The molecule has 1 aromatic heterocycles. The van der Waals surface area contributed by atoms with Gasteiger partial charge in [-0.15, -0.1) is 0 Å². The Balaban J connectivity index is 2.86. The van der Waals surface area contributed by atoms with Gasteiger partial charge in [-0.1, -0.05) is 20.3 Å². The summed E-state index contributed by atoms with van der Waals surface area (Å²) in [5.41, 5.74) is 3.05. The van der Waals surface area contributed by atoms with Gasteiger partial charge in [-0.05, 0) is 33.1 Å². The molecule has 1 N–H and O–H groups in total. The fourth-order valence-electron chi connectivity index (χ4n) is 2.37. The Hall–Kier alpha value is -0.830. The first-order chi connectivity index (χ1) is 7.47. The smallest absolute Gasteiger partial charge is 0.0797 e. The quantitative estimate of drug-likeness (QED) is 0.835. The maximum Gasteiger partial charge on any atom is 0.0797 e. The van der Waals surface area contributed by atoms with E-state index in [4.69, 9.17) is 0 Å². The molecule has 3 heteroatoms. The van der Waals surface area contributed by atoms with Crippen LogP contribution < -0.4 is 0 Å². The molecule has 2 atom stereocenters. The maximum absolute atomic E-state index is 9.68. The first-order valence-electron chi connectivity index (χ1n) is 6.19. The topological polar surface area (TPSA) is 38.0 Å². The van der Waals surface area contributed by atoms with Crippen molar-refractivity contribution in [2.24, 2.45) is 5.92 Å². The minimum atomic E-state index is -0.421. The summed E-state index contributed by atoms with van der Waals surface area (Å²) < 4.78 is 2.04. The molecule has 0 aliphatic rings. The fraction of sp³-hybridized carbons (Fsp3) is 0.769. The Labute approximate surface area is 98.5 Å². The van der Waals surface area contributed by atoms with E-state index in [9.17, 15) is 5.11 Å². The van der Waals surface area contributed by atoms with E-state index in [1.54, 1.807) is 6.92 Å². The lowest BCUT2D eigenvalue weighted by Crippen LogP contribution is -2.10. The van der Waals surface area contributed by atoms with Crippen molar-refractivity contribution in [2.75, 3.05) is 0 Å². The van der Waals surface area contributed by atoms with Crippen molar-refractivity contribution in [3.05, 3.63) is 17.0 Å². The van der Waals surface area contributed by atoms with Gasteiger partial charge in [-0.3, -0.25) is 4.68 Å². The van der Waals surface area contributed by atoms with E-state index in [0.29, 0.717) is 5.92 Å². The number of aliphatic hydroxyl groups excluding tert-OH is 1. The van der Waals surface area contributed by atoms with E-state index in [1.807, 2.05) is 18.5 Å². The Kier molecular flexibility index (Phi) is 4.54. The lowest BCUT2D eigenvalue weighted by Gasteiger charge is -2.12. The molecule has 0 amide bonds. The molecule has 0 fully saturated rings. The minimum Gasteiger partial charge on any atom is -0.389 e. The van der Waals surface area contributed by atoms with Crippen LogP contribution in [-0.4, -0.2) is 14.9 Å². The van der Waals surface area contributed by atoms with Gasteiger partial charge in [-0.2, -0.15) is 5.10 Å². The van der Waals surface area contributed by atoms with Crippen molar-refractivity contribution < 1.29 is 5.11 Å². The molecule has 92 valence electrons. The Morgan fingerprint density at radius 2 is 1.94 bits per heavy atom. The predicted molar refractivity (Wildman–Crippen MR) is 66.4 cm³/mol. The zero-order chi connectivity index (χ0) is 12.3. The molecule has 0 saturated heterocycles. The molecular formula is C13H24N2O. The highest BCUT2D eigenvalue weighted by Gasteiger charge is 2.16. The van der Waals surface area contributed by atoms with Crippen molar-refractivity contribution in [1.29, 1.82) is 0 Å². The summed E-state index contributed by atoms with van der Waals surface area (Å²) in [5.74, 6) is 0.643. The molecular weight excluding hydrogens is 200 g/mol. The van der Waals surface area contributed by atoms with Gasteiger partial charge in [-0.25, -0.2) is 0 Å². The highest BCUT2D eigenvalue weighted by Crippen LogP contribution is 2.22. The zero-order valence-electron chi connectivity index (χ0n) is 11.1. The van der Waals surface area contributed by atoms with Crippen LogP contribution in [0.2, 0.25) is 0 Å². The molecule has 0 saturated carbocycles.